The zero-order valence-electron chi connectivity index (χ0n) is 19.8. The fraction of sp³-hybridized carbons (Fsp3) is 0. The number of hydrogen-bond acceptors (Lipinski definition) is 5. The van der Waals surface area contributed by atoms with Crippen LogP contribution in [0.2, 0.25) is 5.02 Å². The predicted molar refractivity (Wildman–Crippen MR) is 154 cm³/mol. The summed E-state index contributed by atoms with van der Waals surface area (Å²) in [5, 5.41) is 9.64. The topological polar surface area (TPSA) is 125 Å². The van der Waals surface area contributed by atoms with Crippen molar-refractivity contribution in [3.05, 3.63) is 124 Å². The van der Waals surface area contributed by atoms with Gasteiger partial charge in [0.1, 0.15) is 0 Å². The number of halogens is 1. The summed E-state index contributed by atoms with van der Waals surface area (Å²) in [4.78, 5) is 39.0. The molecular formula is C28H22ClN5O3S. The Balaban J connectivity index is 1.56. The van der Waals surface area contributed by atoms with E-state index in [1.54, 1.807) is 54.6 Å². The molecule has 38 heavy (non-hydrogen) atoms. The monoisotopic (exact) mass is 543 g/mol. The smallest absolute Gasteiger partial charge is 0.268 e. The summed E-state index contributed by atoms with van der Waals surface area (Å²) in [7, 11) is 0. The summed E-state index contributed by atoms with van der Waals surface area (Å²) in [6.45, 7) is 0. The second-order valence-electron chi connectivity index (χ2n) is 8.02. The number of rotatable bonds is 7. The van der Waals surface area contributed by atoms with Crippen LogP contribution in [0.4, 0.5) is 17.1 Å². The molecule has 0 saturated heterocycles. The first-order chi connectivity index (χ1) is 18.4. The van der Waals surface area contributed by atoms with E-state index in [2.05, 4.69) is 16.0 Å². The van der Waals surface area contributed by atoms with E-state index in [4.69, 9.17) is 29.7 Å². The Labute approximate surface area is 229 Å². The largest absolute Gasteiger partial charge is 0.332 e. The first-order valence-electron chi connectivity index (χ1n) is 11.3. The van der Waals surface area contributed by atoms with Crippen LogP contribution in [0.25, 0.3) is 0 Å². The van der Waals surface area contributed by atoms with Gasteiger partial charge in [-0.25, -0.2) is 5.84 Å². The number of carbonyl (C=O) groups excluding carboxylic acids is 3. The molecule has 0 aliphatic carbocycles. The molecule has 0 saturated carbocycles. The van der Waals surface area contributed by atoms with Gasteiger partial charge < -0.3 is 16.0 Å². The lowest BCUT2D eigenvalue weighted by atomic mass is 9.96. The van der Waals surface area contributed by atoms with Gasteiger partial charge in [0.25, 0.3) is 11.8 Å². The number of ketones is 1. The summed E-state index contributed by atoms with van der Waals surface area (Å²) < 4.78 is 0. The Bertz CT molecular complexity index is 1510. The predicted octanol–water partition coefficient (Wildman–Crippen LogP) is 5.24. The molecule has 190 valence electrons. The molecule has 0 atom stereocenters. The quantitative estimate of drug-likeness (QED) is 0.0710. The molecule has 6 N–H and O–H groups in total. The van der Waals surface area contributed by atoms with Crippen molar-refractivity contribution in [3.63, 3.8) is 0 Å². The number of hydrogen-bond donors (Lipinski definition) is 5. The van der Waals surface area contributed by atoms with Crippen molar-refractivity contribution in [2.75, 3.05) is 16.0 Å². The first-order valence-corrected chi connectivity index (χ1v) is 12.1. The van der Waals surface area contributed by atoms with E-state index in [1.165, 1.54) is 12.1 Å². The number of amides is 2. The van der Waals surface area contributed by atoms with Gasteiger partial charge in [0.05, 0.1) is 11.3 Å². The van der Waals surface area contributed by atoms with Gasteiger partial charge in [0.15, 0.2) is 10.9 Å². The van der Waals surface area contributed by atoms with Crippen LogP contribution < -0.4 is 27.2 Å². The molecule has 0 fully saturated rings. The van der Waals surface area contributed by atoms with Gasteiger partial charge in [-0.1, -0.05) is 48.0 Å². The Morgan fingerprint density at radius 1 is 0.684 bits per heavy atom. The molecule has 0 unspecified atom stereocenters. The molecule has 4 rings (SSSR count). The van der Waals surface area contributed by atoms with Gasteiger partial charge in [0.2, 0.25) is 0 Å². The van der Waals surface area contributed by atoms with E-state index in [9.17, 15) is 14.4 Å². The molecule has 4 aromatic carbocycles. The number of hydrazine groups is 1. The zero-order chi connectivity index (χ0) is 27.1. The molecule has 0 aliphatic rings. The molecule has 4 aromatic rings. The maximum absolute atomic E-state index is 13.2. The van der Waals surface area contributed by atoms with Gasteiger partial charge in [-0.2, -0.15) is 0 Å². The highest BCUT2D eigenvalue weighted by atomic mass is 35.5. The molecule has 10 heteroatoms. The highest BCUT2D eigenvalue weighted by molar-refractivity contribution is 7.80. The van der Waals surface area contributed by atoms with Crippen molar-refractivity contribution in [3.8, 4) is 0 Å². The lowest BCUT2D eigenvalue weighted by Crippen LogP contribution is -2.32. The van der Waals surface area contributed by atoms with Crippen LogP contribution >= 0.6 is 23.8 Å². The maximum Gasteiger partial charge on any atom is 0.268 e. The number of carbonyl (C=O) groups is 3. The van der Waals surface area contributed by atoms with Gasteiger partial charge in [-0.05, 0) is 72.9 Å². The zero-order valence-corrected chi connectivity index (χ0v) is 21.4. The van der Waals surface area contributed by atoms with Crippen LogP contribution in [0.5, 0.6) is 0 Å². The molecule has 8 nitrogen and oxygen atoms in total. The Morgan fingerprint density at radius 2 is 1.34 bits per heavy atom. The van der Waals surface area contributed by atoms with Gasteiger partial charge in [-0.15, -0.1) is 0 Å². The van der Waals surface area contributed by atoms with Crippen LogP contribution in [-0.2, 0) is 0 Å². The summed E-state index contributed by atoms with van der Waals surface area (Å²) >= 11 is 11.3. The Kier molecular flexibility index (Phi) is 8.44. The van der Waals surface area contributed by atoms with Crippen molar-refractivity contribution in [2.45, 2.75) is 0 Å². The van der Waals surface area contributed by atoms with Crippen molar-refractivity contribution < 1.29 is 14.4 Å². The van der Waals surface area contributed by atoms with Crippen LogP contribution in [-0.4, -0.2) is 22.7 Å². The minimum atomic E-state index is -0.731. The number of benzene rings is 4. The van der Waals surface area contributed by atoms with Crippen LogP contribution in [0.3, 0.4) is 0 Å². The number of nitrogens with two attached hydrogens (primary N) is 1. The first kappa shape index (κ1) is 26.5. The molecule has 0 radical (unpaired) electrons. The summed E-state index contributed by atoms with van der Waals surface area (Å²) in [6.07, 6.45) is 0. The van der Waals surface area contributed by atoms with E-state index >= 15 is 0 Å². The standard InChI is InChI=1S/C28H22ClN5O3S/c29-19-14-12-17(13-15-19)25(35)22-10-5-11-23(24(22)27(37)34-30)33-26(36)18-6-4-9-21(16-18)32-28(38)31-20-7-2-1-3-8-20/h1-16H,30H2,(H,33,36)(H,34,37)(H2,31,32,38). The van der Waals surface area contributed by atoms with E-state index in [0.29, 0.717) is 26.9 Å². The number of nitrogen functional groups attached to an aromatic ring is 1. The second kappa shape index (κ2) is 12.1. The molecule has 0 spiro atoms. The summed E-state index contributed by atoms with van der Waals surface area (Å²) in [6, 6.07) is 26.9. The molecule has 0 bridgehead atoms. The van der Waals surface area contributed by atoms with Crippen molar-refractivity contribution in [2.24, 2.45) is 5.84 Å². The highest BCUT2D eigenvalue weighted by Gasteiger charge is 2.23. The number of para-hydroxylation sites is 1. The number of thiocarbonyl (C=S) groups is 1. The van der Waals surface area contributed by atoms with Crippen molar-refractivity contribution >= 4 is 63.6 Å². The van der Waals surface area contributed by atoms with E-state index < -0.39 is 17.6 Å². The van der Waals surface area contributed by atoms with E-state index in [0.717, 1.165) is 5.69 Å². The average Bonchev–Trinajstić information content (AvgIpc) is 2.93. The molecule has 2 amide bonds. The maximum atomic E-state index is 13.2. The van der Waals surface area contributed by atoms with Gasteiger partial charge in [-0.3, -0.25) is 19.8 Å². The summed E-state index contributed by atoms with van der Waals surface area (Å²) in [5.41, 5.74) is 4.19. The lowest BCUT2D eigenvalue weighted by molar-refractivity contribution is 0.0943. The number of nitrogens with one attached hydrogen (secondary N) is 4. The van der Waals surface area contributed by atoms with Gasteiger partial charge in [0, 0.05) is 33.1 Å². The minimum Gasteiger partial charge on any atom is -0.332 e. The molecule has 0 aromatic heterocycles. The fourth-order valence-electron chi connectivity index (χ4n) is 3.67. The lowest BCUT2D eigenvalue weighted by Gasteiger charge is -2.15. The van der Waals surface area contributed by atoms with Gasteiger partial charge >= 0.3 is 0 Å². The third kappa shape index (κ3) is 6.40. The molecule has 0 aliphatic heterocycles. The van der Waals surface area contributed by atoms with Crippen molar-refractivity contribution in [1.82, 2.24) is 5.43 Å². The third-order valence-corrected chi connectivity index (χ3v) is 5.89. The fourth-order valence-corrected chi connectivity index (χ4v) is 4.03. The van der Waals surface area contributed by atoms with Crippen LogP contribution in [0.15, 0.2) is 97.1 Å². The highest BCUT2D eigenvalue weighted by Crippen LogP contribution is 2.25. The Morgan fingerprint density at radius 3 is 2.05 bits per heavy atom. The van der Waals surface area contributed by atoms with Crippen LogP contribution in [0.1, 0.15) is 36.6 Å². The second-order valence-corrected chi connectivity index (χ2v) is 8.86. The van der Waals surface area contributed by atoms with Crippen molar-refractivity contribution in [1.29, 1.82) is 0 Å². The van der Waals surface area contributed by atoms with Crippen LogP contribution in [0, 0.1) is 0 Å². The minimum absolute atomic E-state index is 0.0641. The number of anilines is 3. The van der Waals surface area contributed by atoms with E-state index in [-0.39, 0.29) is 16.8 Å². The molecule has 0 heterocycles. The summed E-state index contributed by atoms with van der Waals surface area (Å²) in [5.74, 6) is 3.74. The normalized spacial score (nSPS) is 10.3. The SMILES string of the molecule is NNC(=O)c1c(NC(=O)c2cccc(NC(=S)Nc3ccccc3)c2)cccc1C(=O)c1ccc(Cl)cc1. The van der Waals surface area contributed by atoms with E-state index in [1.807, 2.05) is 35.8 Å². The molecular weight excluding hydrogens is 522 g/mol. The average molecular weight is 544 g/mol. The third-order valence-electron chi connectivity index (χ3n) is 5.44. The Hall–Kier alpha value is -4.57.